The van der Waals surface area contributed by atoms with Crippen molar-refractivity contribution < 1.29 is 9.47 Å². The number of hydrogen-bond donors (Lipinski definition) is 1. The minimum Gasteiger partial charge on any atom is -0.497 e. The molecule has 0 aliphatic rings. The fraction of sp³-hybridized carbons (Fsp3) is 0.312. The summed E-state index contributed by atoms with van der Waals surface area (Å²) < 4.78 is 11.1. The van der Waals surface area contributed by atoms with E-state index in [0.717, 1.165) is 42.3 Å². The Bertz CT molecular complexity index is 544. The van der Waals surface area contributed by atoms with Gasteiger partial charge in [-0.15, -0.1) is 0 Å². The van der Waals surface area contributed by atoms with Gasteiger partial charge in [-0.05, 0) is 31.2 Å². The SMILES string of the molecule is CCCNCc1ccncc1Oc1cccc(OC)c1. The number of ether oxygens (including phenoxy) is 2. The van der Waals surface area contributed by atoms with Crippen molar-refractivity contribution >= 4 is 0 Å². The Kier molecular flexibility index (Phi) is 5.38. The van der Waals surface area contributed by atoms with E-state index in [1.54, 1.807) is 19.5 Å². The Morgan fingerprint density at radius 3 is 2.85 bits per heavy atom. The molecule has 4 heteroatoms. The average Bonchev–Trinajstić information content (AvgIpc) is 2.49. The lowest BCUT2D eigenvalue weighted by atomic mass is 10.2. The molecule has 1 N–H and O–H groups in total. The molecule has 0 atom stereocenters. The molecule has 0 radical (unpaired) electrons. The molecular weight excluding hydrogens is 252 g/mol. The number of nitrogens with zero attached hydrogens (tertiary/aromatic N) is 1. The minimum atomic E-state index is 0.745. The van der Waals surface area contributed by atoms with Crippen molar-refractivity contribution in [2.24, 2.45) is 0 Å². The van der Waals surface area contributed by atoms with Gasteiger partial charge >= 0.3 is 0 Å². The van der Waals surface area contributed by atoms with E-state index in [4.69, 9.17) is 9.47 Å². The van der Waals surface area contributed by atoms with Crippen LogP contribution in [0.5, 0.6) is 17.2 Å². The Labute approximate surface area is 119 Å². The van der Waals surface area contributed by atoms with Gasteiger partial charge < -0.3 is 14.8 Å². The fourth-order valence-electron chi connectivity index (χ4n) is 1.84. The Morgan fingerprint density at radius 1 is 1.20 bits per heavy atom. The molecule has 0 fully saturated rings. The van der Waals surface area contributed by atoms with Gasteiger partial charge in [0.1, 0.15) is 17.2 Å². The number of rotatable bonds is 7. The van der Waals surface area contributed by atoms with E-state index in [-0.39, 0.29) is 0 Å². The molecule has 4 nitrogen and oxygen atoms in total. The van der Waals surface area contributed by atoms with E-state index < -0.39 is 0 Å². The molecule has 0 amide bonds. The topological polar surface area (TPSA) is 43.4 Å². The van der Waals surface area contributed by atoms with Gasteiger partial charge in [0, 0.05) is 24.4 Å². The van der Waals surface area contributed by atoms with Crippen molar-refractivity contribution in [2.75, 3.05) is 13.7 Å². The molecule has 0 saturated carbocycles. The Hall–Kier alpha value is -2.07. The molecule has 0 saturated heterocycles. The summed E-state index contributed by atoms with van der Waals surface area (Å²) >= 11 is 0. The van der Waals surface area contributed by atoms with Crippen LogP contribution >= 0.6 is 0 Å². The lowest BCUT2D eigenvalue weighted by Gasteiger charge is -2.11. The zero-order valence-corrected chi connectivity index (χ0v) is 11.9. The molecule has 0 spiro atoms. The molecule has 0 bridgehead atoms. The van der Waals surface area contributed by atoms with E-state index in [1.807, 2.05) is 30.3 Å². The van der Waals surface area contributed by atoms with Crippen molar-refractivity contribution in [3.63, 3.8) is 0 Å². The van der Waals surface area contributed by atoms with E-state index in [2.05, 4.69) is 17.2 Å². The molecule has 0 unspecified atom stereocenters. The van der Waals surface area contributed by atoms with Crippen LogP contribution in [0.3, 0.4) is 0 Å². The molecule has 0 aliphatic heterocycles. The zero-order chi connectivity index (χ0) is 14.2. The maximum absolute atomic E-state index is 5.90. The number of hydrogen-bond acceptors (Lipinski definition) is 4. The van der Waals surface area contributed by atoms with Crippen molar-refractivity contribution in [1.82, 2.24) is 10.3 Å². The summed E-state index contributed by atoms with van der Waals surface area (Å²) in [6, 6.07) is 9.52. The highest BCUT2D eigenvalue weighted by molar-refractivity contribution is 5.38. The number of aromatic nitrogens is 1. The van der Waals surface area contributed by atoms with Crippen molar-refractivity contribution in [1.29, 1.82) is 0 Å². The van der Waals surface area contributed by atoms with E-state index in [9.17, 15) is 0 Å². The smallest absolute Gasteiger partial charge is 0.150 e. The molecule has 20 heavy (non-hydrogen) atoms. The summed E-state index contributed by atoms with van der Waals surface area (Å²) in [5.41, 5.74) is 1.09. The highest BCUT2D eigenvalue weighted by Gasteiger charge is 2.05. The van der Waals surface area contributed by atoms with Crippen LogP contribution in [0.4, 0.5) is 0 Å². The van der Waals surface area contributed by atoms with Crippen LogP contribution in [-0.4, -0.2) is 18.6 Å². The molecule has 106 valence electrons. The zero-order valence-electron chi connectivity index (χ0n) is 11.9. The first-order valence-electron chi connectivity index (χ1n) is 6.79. The predicted molar refractivity (Wildman–Crippen MR) is 79.3 cm³/mol. The fourth-order valence-corrected chi connectivity index (χ4v) is 1.84. The van der Waals surface area contributed by atoms with Gasteiger partial charge in [0.05, 0.1) is 13.3 Å². The van der Waals surface area contributed by atoms with Crippen LogP contribution in [0.1, 0.15) is 18.9 Å². The summed E-state index contributed by atoms with van der Waals surface area (Å²) in [4.78, 5) is 4.13. The lowest BCUT2D eigenvalue weighted by Crippen LogP contribution is -2.14. The molecular formula is C16H20N2O2. The number of benzene rings is 1. The normalized spacial score (nSPS) is 10.3. The largest absolute Gasteiger partial charge is 0.497 e. The van der Waals surface area contributed by atoms with Crippen LogP contribution in [-0.2, 0) is 6.54 Å². The molecule has 2 rings (SSSR count). The monoisotopic (exact) mass is 272 g/mol. The molecule has 0 aliphatic carbocycles. The first kappa shape index (κ1) is 14.3. The maximum atomic E-state index is 5.90. The van der Waals surface area contributed by atoms with Gasteiger partial charge in [-0.3, -0.25) is 4.98 Å². The molecule has 1 aromatic heterocycles. The Morgan fingerprint density at radius 2 is 2.05 bits per heavy atom. The van der Waals surface area contributed by atoms with Crippen molar-refractivity contribution in [3.8, 4) is 17.2 Å². The quantitative estimate of drug-likeness (QED) is 0.785. The second-order valence-electron chi connectivity index (χ2n) is 4.44. The minimum absolute atomic E-state index is 0.745. The molecule has 1 aromatic carbocycles. The summed E-state index contributed by atoms with van der Waals surface area (Å²) in [6.45, 7) is 3.91. The average molecular weight is 272 g/mol. The van der Waals surface area contributed by atoms with Gasteiger partial charge in [-0.1, -0.05) is 13.0 Å². The second-order valence-corrected chi connectivity index (χ2v) is 4.44. The van der Waals surface area contributed by atoms with Crippen LogP contribution in [0, 0.1) is 0 Å². The van der Waals surface area contributed by atoms with Gasteiger partial charge in [-0.2, -0.15) is 0 Å². The van der Waals surface area contributed by atoms with Crippen LogP contribution < -0.4 is 14.8 Å². The third-order valence-electron chi connectivity index (χ3n) is 2.88. The highest BCUT2D eigenvalue weighted by atomic mass is 16.5. The predicted octanol–water partition coefficient (Wildman–Crippen LogP) is 3.38. The molecule has 1 heterocycles. The number of methoxy groups -OCH3 is 1. The lowest BCUT2D eigenvalue weighted by molar-refractivity contribution is 0.408. The van der Waals surface area contributed by atoms with Crippen LogP contribution in [0.15, 0.2) is 42.7 Å². The summed E-state index contributed by atoms with van der Waals surface area (Å²) in [7, 11) is 1.64. The van der Waals surface area contributed by atoms with E-state index >= 15 is 0 Å². The molecule has 2 aromatic rings. The summed E-state index contributed by atoms with van der Waals surface area (Å²) in [6.07, 6.45) is 4.63. The third-order valence-corrected chi connectivity index (χ3v) is 2.88. The van der Waals surface area contributed by atoms with Crippen molar-refractivity contribution in [3.05, 3.63) is 48.3 Å². The standard InChI is InChI=1S/C16H20N2O2/c1-3-8-17-11-13-7-9-18-12-16(13)20-15-6-4-5-14(10-15)19-2/h4-7,9-10,12,17H,3,8,11H2,1-2H3. The number of pyridine rings is 1. The summed E-state index contributed by atoms with van der Waals surface area (Å²) in [5.74, 6) is 2.29. The maximum Gasteiger partial charge on any atom is 0.150 e. The number of nitrogens with one attached hydrogen (secondary N) is 1. The first-order valence-corrected chi connectivity index (χ1v) is 6.79. The summed E-state index contributed by atoms with van der Waals surface area (Å²) in [5, 5.41) is 3.37. The first-order chi connectivity index (χ1) is 9.83. The van der Waals surface area contributed by atoms with Gasteiger partial charge in [0.25, 0.3) is 0 Å². The second kappa shape index (κ2) is 7.50. The van der Waals surface area contributed by atoms with Crippen molar-refractivity contribution in [2.45, 2.75) is 19.9 Å². The van der Waals surface area contributed by atoms with Crippen LogP contribution in [0.25, 0.3) is 0 Å². The van der Waals surface area contributed by atoms with Gasteiger partial charge in [-0.25, -0.2) is 0 Å². The van der Waals surface area contributed by atoms with Crippen LogP contribution in [0.2, 0.25) is 0 Å². The highest BCUT2D eigenvalue weighted by Crippen LogP contribution is 2.27. The van der Waals surface area contributed by atoms with Gasteiger partial charge in [0.2, 0.25) is 0 Å². The van der Waals surface area contributed by atoms with Gasteiger partial charge in [0.15, 0.2) is 0 Å². The Balaban J connectivity index is 2.11. The third kappa shape index (κ3) is 3.96. The van der Waals surface area contributed by atoms with E-state index in [1.165, 1.54) is 0 Å². The van der Waals surface area contributed by atoms with E-state index in [0.29, 0.717) is 0 Å².